The summed E-state index contributed by atoms with van der Waals surface area (Å²) < 4.78 is 37.5. The van der Waals surface area contributed by atoms with Crippen LogP contribution in [0, 0.1) is 12.3 Å². The van der Waals surface area contributed by atoms with Gasteiger partial charge in [0.15, 0.2) is 5.96 Å². The number of aryl methyl sites for hydroxylation is 1. The van der Waals surface area contributed by atoms with Crippen molar-refractivity contribution in [3.8, 4) is 0 Å². The van der Waals surface area contributed by atoms with E-state index in [0.717, 1.165) is 12.1 Å². The van der Waals surface area contributed by atoms with Crippen LogP contribution in [0.2, 0.25) is 0 Å². The number of carboxylic acids is 1. The third kappa shape index (κ3) is 4.55. The van der Waals surface area contributed by atoms with Gasteiger partial charge in [0.2, 0.25) is 0 Å². The van der Waals surface area contributed by atoms with Gasteiger partial charge in [0.1, 0.15) is 5.69 Å². The molecule has 0 amide bonds. The fraction of sp³-hybridized carbons (Fsp3) is 0.167. The maximum Gasteiger partial charge on any atom is 0.416 e. The lowest BCUT2D eigenvalue weighted by atomic mass is 10.1. The molecule has 0 saturated heterocycles. The van der Waals surface area contributed by atoms with E-state index >= 15 is 0 Å². The monoisotopic (exact) mass is 338 g/mol. The van der Waals surface area contributed by atoms with Gasteiger partial charge in [0.25, 0.3) is 0 Å². The molecule has 10 heteroatoms. The molecule has 0 atom stereocenters. The number of benzene rings is 1. The summed E-state index contributed by atoms with van der Waals surface area (Å²) in [5, 5.41) is 15.2. The molecule has 122 valence electrons. The number of guanidine groups is 1. The number of nitrogens with one attached hydrogen (secondary N) is 2. The topological polar surface area (TPSA) is 129 Å². The predicted octanol–water partition coefficient (Wildman–Crippen LogP) is 2.45. The second-order valence-corrected chi connectivity index (χ2v) is 4.14. The first kappa shape index (κ1) is 19.6. The summed E-state index contributed by atoms with van der Waals surface area (Å²) >= 11 is 0. The number of carbonyl (C=O) groups is 1. The van der Waals surface area contributed by atoms with E-state index in [-0.39, 0.29) is 29.4 Å². The van der Waals surface area contributed by atoms with Crippen molar-refractivity contribution in [2.75, 3.05) is 0 Å². The zero-order valence-electron chi connectivity index (χ0n) is 11.3. The Morgan fingerprint density at radius 3 is 2.23 bits per heavy atom. The molecule has 0 radical (unpaired) electrons. The quantitative estimate of drug-likeness (QED) is 0.404. The number of H-pyrrole nitrogens is 1. The lowest BCUT2D eigenvalue weighted by molar-refractivity contribution is -0.137. The molecular formula is C12H14ClF3N4O2. The molecule has 0 aliphatic rings. The molecule has 0 bridgehead atoms. The normalized spacial score (nSPS) is 10.4. The first-order valence-corrected chi connectivity index (χ1v) is 5.56. The second kappa shape index (κ2) is 7.03. The Kier molecular flexibility index (Phi) is 6.26. The molecule has 2 rings (SSSR count). The minimum atomic E-state index is -4.43. The standard InChI is InChI=1S/C11H8F3NO2.CH5N3.ClH/c1-5-7-4-6(11(12,13)14)2-3-8(7)15-9(5)10(16)17;2-1(3)4;/h2-4,15H,1H3,(H,16,17);(H5,2,3,4);1H. The molecule has 1 aromatic carbocycles. The van der Waals surface area contributed by atoms with Crippen molar-refractivity contribution in [3.63, 3.8) is 0 Å². The van der Waals surface area contributed by atoms with Gasteiger partial charge < -0.3 is 21.6 Å². The Morgan fingerprint density at radius 1 is 1.32 bits per heavy atom. The number of carboxylic acid groups (broad SMARTS) is 1. The predicted molar refractivity (Wildman–Crippen MR) is 78.3 cm³/mol. The second-order valence-electron chi connectivity index (χ2n) is 4.14. The lowest BCUT2D eigenvalue weighted by Gasteiger charge is -2.06. The third-order valence-electron chi connectivity index (χ3n) is 2.60. The van der Waals surface area contributed by atoms with Crippen molar-refractivity contribution in [1.82, 2.24) is 4.98 Å². The number of fused-ring (bicyclic) bond motifs is 1. The number of aromatic carboxylic acids is 1. The van der Waals surface area contributed by atoms with E-state index in [1.165, 1.54) is 13.0 Å². The summed E-state index contributed by atoms with van der Waals surface area (Å²) in [6.07, 6.45) is -4.43. The first-order chi connectivity index (χ1) is 9.54. The molecule has 1 heterocycles. The maximum absolute atomic E-state index is 12.5. The zero-order valence-corrected chi connectivity index (χ0v) is 12.1. The van der Waals surface area contributed by atoms with Crippen LogP contribution in [0.25, 0.3) is 10.9 Å². The van der Waals surface area contributed by atoms with Crippen LogP contribution in [-0.2, 0) is 6.18 Å². The summed E-state index contributed by atoms with van der Waals surface area (Å²) in [5.74, 6) is -1.52. The smallest absolute Gasteiger partial charge is 0.416 e. The van der Waals surface area contributed by atoms with Gasteiger partial charge in [0.05, 0.1) is 5.56 Å². The largest absolute Gasteiger partial charge is 0.477 e. The van der Waals surface area contributed by atoms with Gasteiger partial charge in [-0.05, 0) is 30.7 Å². The number of hydrogen-bond acceptors (Lipinski definition) is 2. The van der Waals surface area contributed by atoms with Crippen LogP contribution < -0.4 is 11.5 Å². The molecule has 0 fully saturated rings. The molecule has 2 aromatic rings. The fourth-order valence-corrected chi connectivity index (χ4v) is 1.72. The van der Waals surface area contributed by atoms with Crippen molar-refractivity contribution < 1.29 is 23.1 Å². The van der Waals surface area contributed by atoms with E-state index in [0.29, 0.717) is 11.1 Å². The molecular weight excluding hydrogens is 325 g/mol. The van der Waals surface area contributed by atoms with Crippen molar-refractivity contribution >= 4 is 35.2 Å². The summed E-state index contributed by atoms with van der Waals surface area (Å²) in [4.78, 5) is 13.4. The van der Waals surface area contributed by atoms with Gasteiger partial charge in [-0.25, -0.2) is 4.79 Å². The summed E-state index contributed by atoms with van der Waals surface area (Å²) in [6, 6.07) is 3.11. The highest BCUT2D eigenvalue weighted by Gasteiger charge is 2.31. The van der Waals surface area contributed by atoms with E-state index in [4.69, 9.17) is 10.5 Å². The average molecular weight is 339 g/mol. The number of halogens is 4. The molecule has 0 saturated carbocycles. The highest BCUT2D eigenvalue weighted by molar-refractivity contribution is 5.97. The molecule has 0 aliphatic carbocycles. The van der Waals surface area contributed by atoms with Gasteiger partial charge in [-0.2, -0.15) is 13.2 Å². The molecule has 7 N–H and O–H groups in total. The Hall–Kier alpha value is -2.42. The van der Waals surface area contributed by atoms with Crippen molar-refractivity contribution in [1.29, 1.82) is 5.41 Å². The van der Waals surface area contributed by atoms with E-state index < -0.39 is 17.7 Å². The Morgan fingerprint density at radius 2 is 1.82 bits per heavy atom. The number of alkyl halides is 3. The molecule has 1 aromatic heterocycles. The molecule has 0 spiro atoms. The van der Waals surface area contributed by atoms with Crippen LogP contribution in [0.1, 0.15) is 21.6 Å². The average Bonchev–Trinajstić information content (AvgIpc) is 2.65. The SMILES string of the molecule is Cc1c(C(=O)O)[nH]c2ccc(C(F)(F)F)cc12.Cl.N=C(N)N. The van der Waals surface area contributed by atoms with E-state index in [2.05, 4.69) is 16.5 Å². The van der Waals surface area contributed by atoms with Gasteiger partial charge in [-0.1, -0.05) is 0 Å². The van der Waals surface area contributed by atoms with Crippen LogP contribution >= 0.6 is 12.4 Å². The van der Waals surface area contributed by atoms with E-state index in [1.807, 2.05) is 0 Å². The summed E-state index contributed by atoms with van der Waals surface area (Å²) in [7, 11) is 0. The van der Waals surface area contributed by atoms with Crippen LogP contribution in [0.5, 0.6) is 0 Å². The molecule has 0 unspecified atom stereocenters. The van der Waals surface area contributed by atoms with Gasteiger partial charge in [0, 0.05) is 10.9 Å². The molecule has 6 nitrogen and oxygen atoms in total. The van der Waals surface area contributed by atoms with Gasteiger partial charge in [-0.3, -0.25) is 5.41 Å². The zero-order chi connectivity index (χ0) is 16.4. The highest BCUT2D eigenvalue weighted by Crippen LogP contribution is 2.32. The molecule has 0 aliphatic heterocycles. The van der Waals surface area contributed by atoms with Crippen molar-refractivity contribution in [2.45, 2.75) is 13.1 Å². The summed E-state index contributed by atoms with van der Waals surface area (Å²) in [6.45, 7) is 1.47. The number of aromatic nitrogens is 1. The first-order valence-electron chi connectivity index (χ1n) is 5.56. The Balaban J connectivity index is 0.000000791. The highest BCUT2D eigenvalue weighted by atomic mass is 35.5. The number of rotatable bonds is 1. The number of nitrogens with two attached hydrogens (primary N) is 2. The third-order valence-corrected chi connectivity index (χ3v) is 2.60. The Labute approximate surface area is 129 Å². The van der Waals surface area contributed by atoms with Crippen molar-refractivity contribution in [3.05, 3.63) is 35.0 Å². The lowest BCUT2D eigenvalue weighted by Crippen LogP contribution is -2.20. The van der Waals surface area contributed by atoms with Crippen molar-refractivity contribution in [2.24, 2.45) is 11.5 Å². The van der Waals surface area contributed by atoms with Crippen LogP contribution in [0.4, 0.5) is 13.2 Å². The van der Waals surface area contributed by atoms with E-state index in [9.17, 15) is 18.0 Å². The minimum Gasteiger partial charge on any atom is -0.477 e. The van der Waals surface area contributed by atoms with E-state index in [1.54, 1.807) is 0 Å². The summed E-state index contributed by atoms with van der Waals surface area (Å²) in [5.41, 5.74) is 8.76. The molecule has 22 heavy (non-hydrogen) atoms. The fourth-order valence-electron chi connectivity index (χ4n) is 1.72. The number of hydrogen-bond donors (Lipinski definition) is 5. The number of aromatic amines is 1. The Bertz CT molecular complexity index is 693. The van der Waals surface area contributed by atoms with Crippen LogP contribution in [-0.4, -0.2) is 22.0 Å². The minimum absolute atomic E-state index is 0. The van der Waals surface area contributed by atoms with Crippen LogP contribution in [0.15, 0.2) is 18.2 Å². The maximum atomic E-state index is 12.5. The van der Waals surface area contributed by atoms with Gasteiger partial charge in [-0.15, -0.1) is 12.4 Å². The van der Waals surface area contributed by atoms with Gasteiger partial charge >= 0.3 is 12.1 Å². The van der Waals surface area contributed by atoms with Crippen LogP contribution in [0.3, 0.4) is 0 Å².